The van der Waals surface area contributed by atoms with Crippen molar-refractivity contribution < 1.29 is 0 Å². The molecule has 2 aliphatic rings. The summed E-state index contributed by atoms with van der Waals surface area (Å²) < 4.78 is 0. The number of rotatable bonds is 0. The van der Waals surface area contributed by atoms with Gasteiger partial charge in [-0.1, -0.05) is 0 Å². The van der Waals surface area contributed by atoms with Gasteiger partial charge in [0.25, 0.3) is 0 Å². The Morgan fingerprint density at radius 1 is 0.176 bits per heavy atom. The van der Waals surface area contributed by atoms with Crippen molar-refractivity contribution >= 4 is 10.8 Å². The van der Waals surface area contributed by atoms with Crippen molar-refractivity contribution in [1.82, 2.24) is 0 Å². The standard InChI is InChI=1S/C34H36/c1-13-14(2)18(6)26-25(17(13)5)29-21(9)22(10)31-27-19(7)15(3)16(4)20(8)28(27)32-24(12)23(11)30(26)33(29)34(31)32/h1-12H3. The van der Waals surface area contributed by atoms with Gasteiger partial charge in [0.1, 0.15) is 0 Å². The molecule has 0 N–H and O–H groups in total. The molecule has 4 aromatic carbocycles. The Balaban J connectivity index is 2.27. The molecule has 0 bridgehead atoms. The SMILES string of the molecule is Cc1c(C)c(C)c2c(c1C)=c1c(C)c(C)c3c4c(c(C)c(C)c=2c14)=c1c(C)c(C)c(C)c(C)c1=3. The van der Waals surface area contributed by atoms with Crippen LogP contribution in [0.4, 0.5) is 0 Å². The van der Waals surface area contributed by atoms with Gasteiger partial charge >= 0.3 is 0 Å². The molecule has 0 heterocycles. The van der Waals surface area contributed by atoms with Gasteiger partial charge < -0.3 is 0 Å². The summed E-state index contributed by atoms with van der Waals surface area (Å²) in [6.07, 6.45) is 0. The van der Waals surface area contributed by atoms with Crippen LogP contribution in [0, 0.1) is 125 Å². The summed E-state index contributed by atoms with van der Waals surface area (Å²) in [4.78, 5) is 0. The molecule has 0 nitrogen and oxygen atoms in total. The van der Waals surface area contributed by atoms with Crippen molar-refractivity contribution in [3.8, 4) is 0 Å². The molecule has 0 unspecified atom stereocenters. The highest BCUT2D eigenvalue weighted by molar-refractivity contribution is 5.92. The summed E-state index contributed by atoms with van der Waals surface area (Å²) in [5.74, 6) is 0. The van der Waals surface area contributed by atoms with Gasteiger partial charge in [0.15, 0.2) is 0 Å². The maximum absolute atomic E-state index is 2.37. The molecule has 0 atom stereocenters. The minimum Gasteiger partial charge on any atom is -0.0443 e. The fourth-order valence-electron chi connectivity index (χ4n) is 7.38. The van der Waals surface area contributed by atoms with Crippen molar-refractivity contribution in [2.45, 2.75) is 83.1 Å². The predicted molar refractivity (Wildman–Crippen MR) is 144 cm³/mol. The van der Waals surface area contributed by atoms with E-state index in [4.69, 9.17) is 0 Å². The van der Waals surface area contributed by atoms with E-state index in [0.29, 0.717) is 0 Å². The van der Waals surface area contributed by atoms with Crippen molar-refractivity contribution in [3.63, 3.8) is 0 Å². The zero-order chi connectivity index (χ0) is 24.7. The fraction of sp³-hybridized carbons (Fsp3) is 0.353. The highest BCUT2D eigenvalue weighted by Crippen LogP contribution is 2.40. The van der Waals surface area contributed by atoms with Gasteiger partial charge in [-0.05, 0) is 202 Å². The summed E-state index contributed by atoms with van der Waals surface area (Å²) in [5, 5.41) is 15.1. The van der Waals surface area contributed by atoms with Crippen molar-refractivity contribution in [3.05, 3.63) is 109 Å². The Bertz CT molecular complexity index is 1800. The molecule has 0 amide bonds. The second-order valence-electron chi connectivity index (χ2n) is 11.2. The summed E-state index contributed by atoms with van der Waals surface area (Å²) in [6.45, 7) is 28.1. The van der Waals surface area contributed by atoms with Crippen molar-refractivity contribution in [1.29, 1.82) is 0 Å². The van der Waals surface area contributed by atoms with Crippen LogP contribution in [0.15, 0.2) is 0 Å². The lowest BCUT2D eigenvalue weighted by Crippen LogP contribution is -1.97. The quantitative estimate of drug-likeness (QED) is 0.221. The van der Waals surface area contributed by atoms with Crippen LogP contribution in [0.3, 0.4) is 0 Å². The van der Waals surface area contributed by atoms with E-state index in [2.05, 4.69) is 83.1 Å². The van der Waals surface area contributed by atoms with Crippen LogP contribution in [0.1, 0.15) is 66.8 Å². The average Bonchev–Trinajstić information content (AvgIpc) is 3.35. The van der Waals surface area contributed by atoms with Gasteiger partial charge in [-0.15, -0.1) is 0 Å². The molecule has 2 aliphatic carbocycles. The van der Waals surface area contributed by atoms with Gasteiger partial charge in [0.2, 0.25) is 0 Å². The Kier molecular flexibility index (Phi) is 4.09. The summed E-state index contributed by atoms with van der Waals surface area (Å²) in [6, 6.07) is 0. The number of hydrogen-bond acceptors (Lipinski definition) is 0. The van der Waals surface area contributed by atoms with Gasteiger partial charge in [0.05, 0.1) is 0 Å². The Morgan fingerprint density at radius 2 is 0.324 bits per heavy atom. The first-order chi connectivity index (χ1) is 15.9. The third-order valence-corrected chi connectivity index (χ3v) is 10.2. The van der Waals surface area contributed by atoms with E-state index in [-0.39, 0.29) is 0 Å². The maximum atomic E-state index is 2.37. The van der Waals surface area contributed by atoms with Crippen LogP contribution < -0.4 is 0 Å². The predicted octanol–water partition coefficient (Wildman–Crippen LogP) is 8.32. The summed E-state index contributed by atoms with van der Waals surface area (Å²) in [7, 11) is 0. The number of benzene rings is 4. The van der Waals surface area contributed by atoms with E-state index in [1.54, 1.807) is 0 Å². The highest BCUT2D eigenvalue weighted by atomic mass is 14.3. The van der Waals surface area contributed by atoms with Gasteiger partial charge in [-0.2, -0.15) is 0 Å². The van der Waals surface area contributed by atoms with Crippen molar-refractivity contribution in [2.24, 2.45) is 0 Å². The van der Waals surface area contributed by atoms with E-state index in [0.717, 1.165) is 0 Å². The lowest BCUT2D eigenvalue weighted by molar-refractivity contribution is 1.15. The monoisotopic (exact) mass is 444 g/mol. The smallest absolute Gasteiger partial charge is 0.000793 e. The van der Waals surface area contributed by atoms with Gasteiger partial charge in [-0.25, -0.2) is 0 Å². The topological polar surface area (TPSA) is 0 Å². The maximum Gasteiger partial charge on any atom is -0.000793 e. The Morgan fingerprint density at radius 3 is 0.500 bits per heavy atom. The van der Waals surface area contributed by atoms with Gasteiger partial charge in [0, 0.05) is 0 Å². The van der Waals surface area contributed by atoms with Crippen LogP contribution in [0.25, 0.3) is 10.8 Å². The van der Waals surface area contributed by atoms with Gasteiger partial charge in [-0.3, -0.25) is 0 Å². The van der Waals surface area contributed by atoms with Crippen LogP contribution in [0.2, 0.25) is 0 Å². The van der Waals surface area contributed by atoms with Crippen LogP contribution in [-0.2, 0) is 0 Å². The van der Waals surface area contributed by atoms with Crippen LogP contribution in [-0.4, -0.2) is 0 Å². The molecular formula is C34H36. The molecule has 172 valence electrons. The molecule has 0 heteroatoms. The minimum atomic E-state index is 1.45. The molecule has 0 spiro atoms. The lowest BCUT2D eigenvalue weighted by Gasteiger charge is -2.12. The van der Waals surface area contributed by atoms with Crippen LogP contribution in [0.5, 0.6) is 0 Å². The molecule has 0 radical (unpaired) electrons. The molecule has 0 saturated carbocycles. The summed E-state index contributed by atoms with van der Waals surface area (Å²) >= 11 is 0. The largest absolute Gasteiger partial charge is 0.0443 e. The molecule has 0 saturated heterocycles. The molecule has 6 rings (SSSR count). The molecule has 0 aromatic heterocycles. The average molecular weight is 445 g/mol. The zero-order valence-corrected chi connectivity index (χ0v) is 23.0. The molecular weight excluding hydrogens is 408 g/mol. The second kappa shape index (κ2) is 6.42. The zero-order valence-electron chi connectivity index (χ0n) is 23.0. The first-order valence-corrected chi connectivity index (χ1v) is 12.8. The Labute approximate surface area is 202 Å². The highest BCUT2D eigenvalue weighted by Gasteiger charge is 2.24. The normalized spacial score (nSPS) is 12.7. The minimum absolute atomic E-state index is 1.45. The third kappa shape index (κ3) is 2.09. The van der Waals surface area contributed by atoms with E-state index < -0.39 is 0 Å². The Hall–Kier alpha value is -2.86. The molecule has 0 aliphatic heterocycles. The first-order valence-electron chi connectivity index (χ1n) is 12.8. The first kappa shape index (κ1) is 21.7. The number of hydrogen-bond donors (Lipinski definition) is 0. The molecule has 34 heavy (non-hydrogen) atoms. The molecule has 4 aromatic rings. The third-order valence-electron chi connectivity index (χ3n) is 10.2. The lowest BCUT2D eigenvalue weighted by atomic mass is 9.92. The van der Waals surface area contributed by atoms with E-state index in [1.165, 1.54) is 119 Å². The second-order valence-corrected chi connectivity index (χ2v) is 11.2. The number of fused-ring (bicyclic) bond motifs is 2. The fourth-order valence-corrected chi connectivity index (χ4v) is 7.38. The van der Waals surface area contributed by atoms with Crippen molar-refractivity contribution in [2.75, 3.05) is 0 Å². The summed E-state index contributed by atoms with van der Waals surface area (Å²) in [5.41, 5.74) is 17.5. The van der Waals surface area contributed by atoms with E-state index >= 15 is 0 Å². The van der Waals surface area contributed by atoms with Crippen LogP contribution >= 0.6 is 0 Å². The molecule has 0 fully saturated rings. The van der Waals surface area contributed by atoms with E-state index in [9.17, 15) is 0 Å². The van der Waals surface area contributed by atoms with E-state index in [1.807, 2.05) is 0 Å².